The maximum absolute atomic E-state index is 4.59. The summed E-state index contributed by atoms with van der Waals surface area (Å²) in [5.41, 5.74) is 3.10. The molecule has 0 aliphatic rings. The van der Waals surface area contributed by atoms with Gasteiger partial charge in [-0.05, 0) is 17.7 Å². The number of nitrogens with one attached hydrogen (secondary N) is 1. The molecule has 0 saturated heterocycles. The van der Waals surface area contributed by atoms with Gasteiger partial charge in [0.1, 0.15) is 0 Å². The Kier molecular flexibility index (Phi) is 4.20. The highest BCUT2D eigenvalue weighted by Gasteiger charge is 2.04. The van der Waals surface area contributed by atoms with Crippen molar-refractivity contribution >= 4 is 5.69 Å². The monoisotopic (exact) mass is 331 g/mol. The summed E-state index contributed by atoms with van der Waals surface area (Å²) in [6.45, 7) is 1.40. The fraction of sp³-hybridized carbons (Fsp3) is 0.111. The summed E-state index contributed by atoms with van der Waals surface area (Å²) < 4.78 is 3.57. The fourth-order valence-electron chi connectivity index (χ4n) is 2.48. The van der Waals surface area contributed by atoms with E-state index in [4.69, 9.17) is 0 Å². The summed E-state index contributed by atoms with van der Waals surface area (Å²) in [4.78, 5) is 8.34. The molecule has 0 amide bonds. The third-order valence-electron chi connectivity index (χ3n) is 3.70. The molecule has 0 bridgehead atoms. The quantitative estimate of drug-likeness (QED) is 0.588. The molecule has 124 valence electrons. The highest BCUT2D eigenvalue weighted by molar-refractivity contribution is 5.40. The number of anilines is 1. The average Bonchev–Trinajstić information content (AvgIpc) is 3.31. The maximum atomic E-state index is 4.59. The lowest BCUT2D eigenvalue weighted by Crippen LogP contribution is -2.04. The normalized spacial score (nSPS) is 10.7. The topological polar surface area (TPSA) is 73.5 Å². The van der Waals surface area contributed by atoms with Gasteiger partial charge in [-0.3, -0.25) is 4.68 Å². The Morgan fingerprint density at radius 3 is 2.64 bits per heavy atom. The zero-order valence-electron chi connectivity index (χ0n) is 13.5. The number of hydrogen-bond donors (Lipinski definition) is 1. The van der Waals surface area contributed by atoms with Gasteiger partial charge in [0.2, 0.25) is 5.95 Å². The van der Waals surface area contributed by atoms with Crippen molar-refractivity contribution in [3.05, 3.63) is 84.7 Å². The molecule has 25 heavy (non-hydrogen) atoms. The number of nitrogens with zero attached hydrogens (tertiary/aromatic N) is 6. The van der Waals surface area contributed by atoms with E-state index < -0.39 is 0 Å². The Balaban J connectivity index is 1.37. The summed E-state index contributed by atoms with van der Waals surface area (Å²) in [6.07, 6.45) is 8.98. The van der Waals surface area contributed by atoms with Crippen LogP contribution < -0.4 is 5.32 Å². The largest absolute Gasteiger partial charge is 0.377 e. The first kappa shape index (κ1) is 15.1. The first-order valence-corrected chi connectivity index (χ1v) is 7.99. The van der Waals surface area contributed by atoms with Crippen LogP contribution in [-0.2, 0) is 13.1 Å². The van der Waals surface area contributed by atoms with Gasteiger partial charge in [0.15, 0.2) is 0 Å². The average molecular weight is 331 g/mol. The molecular weight excluding hydrogens is 314 g/mol. The van der Waals surface area contributed by atoms with Crippen molar-refractivity contribution < 1.29 is 0 Å². The number of hydrogen-bond acceptors (Lipinski definition) is 5. The highest BCUT2D eigenvalue weighted by atomic mass is 15.3. The summed E-state index contributed by atoms with van der Waals surface area (Å²) in [5, 5.41) is 12.2. The Morgan fingerprint density at radius 1 is 0.960 bits per heavy atom. The van der Waals surface area contributed by atoms with Gasteiger partial charge in [0, 0.05) is 18.6 Å². The molecule has 0 radical (unpaired) electrons. The molecule has 3 heterocycles. The van der Waals surface area contributed by atoms with Crippen LogP contribution in [0, 0.1) is 0 Å². The molecule has 1 aromatic carbocycles. The van der Waals surface area contributed by atoms with Crippen LogP contribution in [0.25, 0.3) is 5.95 Å². The fourth-order valence-corrected chi connectivity index (χ4v) is 2.48. The van der Waals surface area contributed by atoms with Crippen molar-refractivity contribution in [1.82, 2.24) is 29.5 Å². The standard InChI is InChI=1S/C18H17N7/c1-2-5-15(6-3-1)13-24-10-7-16(23-24)11-21-17-12-22-25(14-17)18-19-8-4-9-20-18/h1-10,12,14,21H,11,13H2. The van der Waals surface area contributed by atoms with Gasteiger partial charge in [-0.2, -0.15) is 10.2 Å². The van der Waals surface area contributed by atoms with Crippen LogP contribution in [0.1, 0.15) is 11.3 Å². The lowest BCUT2D eigenvalue weighted by Gasteiger charge is -2.02. The van der Waals surface area contributed by atoms with E-state index in [1.807, 2.05) is 41.3 Å². The minimum Gasteiger partial charge on any atom is -0.377 e. The van der Waals surface area contributed by atoms with E-state index >= 15 is 0 Å². The molecule has 4 aromatic rings. The molecule has 0 fully saturated rings. The van der Waals surface area contributed by atoms with E-state index in [-0.39, 0.29) is 0 Å². The van der Waals surface area contributed by atoms with Crippen LogP contribution in [0.3, 0.4) is 0 Å². The van der Waals surface area contributed by atoms with Crippen LogP contribution in [0.5, 0.6) is 0 Å². The van der Waals surface area contributed by atoms with Crippen molar-refractivity contribution in [3.8, 4) is 5.95 Å². The van der Waals surface area contributed by atoms with Gasteiger partial charge in [0.25, 0.3) is 0 Å². The van der Waals surface area contributed by atoms with E-state index in [9.17, 15) is 0 Å². The highest BCUT2D eigenvalue weighted by Crippen LogP contribution is 2.10. The second-order valence-electron chi connectivity index (χ2n) is 5.57. The van der Waals surface area contributed by atoms with Crippen molar-refractivity contribution in [2.24, 2.45) is 0 Å². The molecule has 0 saturated carbocycles. The summed E-state index contributed by atoms with van der Waals surface area (Å²) in [6, 6.07) is 14.1. The second-order valence-corrected chi connectivity index (χ2v) is 5.57. The van der Waals surface area contributed by atoms with Crippen LogP contribution >= 0.6 is 0 Å². The van der Waals surface area contributed by atoms with Gasteiger partial charge in [0.05, 0.1) is 36.9 Å². The van der Waals surface area contributed by atoms with Gasteiger partial charge < -0.3 is 5.32 Å². The summed E-state index contributed by atoms with van der Waals surface area (Å²) in [7, 11) is 0. The Labute approximate surface area is 145 Å². The molecule has 0 spiro atoms. The van der Waals surface area contributed by atoms with Gasteiger partial charge in [-0.1, -0.05) is 30.3 Å². The van der Waals surface area contributed by atoms with Crippen molar-refractivity contribution in [2.45, 2.75) is 13.1 Å². The van der Waals surface area contributed by atoms with Gasteiger partial charge in [-0.15, -0.1) is 0 Å². The van der Waals surface area contributed by atoms with Crippen LogP contribution in [0.15, 0.2) is 73.4 Å². The molecular formula is C18H17N7. The zero-order chi connectivity index (χ0) is 16.9. The Hall–Kier alpha value is -3.48. The molecule has 0 unspecified atom stereocenters. The summed E-state index contributed by atoms with van der Waals surface area (Å²) >= 11 is 0. The van der Waals surface area contributed by atoms with Gasteiger partial charge in [-0.25, -0.2) is 14.6 Å². The molecule has 3 aromatic heterocycles. The molecule has 1 N–H and O–H groups in total. The minimum absolute atomic E-state index is 0.544. The third kappa shape index (κ3) is 3.72. The van der Waals surface area contributed by atoms with Crippen LogP contribution in [-0.4, -0.2) is 29.5 Å². The van der Waals surface area contributed by atoms with Crippen molar-refractivity contribution in [2.75, 3.05) is 5.32 Å². The molecule has 0 aliphatic carbocycles. The van der Waals surface area contributed by atoms with E-state index in [0.717, 1.165) is 17.9 Å². The van der Waals surface area contributed by atoms with Crippen LogP contribution in [0.2, 0.25) is 0 Å². The van der Waals surface area contributed by atoms with Crippen molar-refractivity contribution in [1.29, 1.82) is 0 Å². The first-order chi connectivity index (χ1) is 12.4. The predicted octanol–water partition coefficient (Wildman–Crippen LogP) is 2.52. The lowest BCUT2D eigenvalue weighted by atomic mass is 10.2. The second kappa shape index (κ2) is 6.96. The van der Waals surface area contributed by atoms with E-state index in [1.165, 1.54) is 5.56 Å². The maximum Gasteiger partial charge on any atom is 0.250 e. The number of aromatic nitrogens is 6. The molecule has 7 nitrogen and oxygen atoms in total. The van der Waals surface area contributed by atoms with Crippen LogP contribution in [0.4, 0.5) is 5.69 Å². The van der Waals surface area contributed by atoms with E-state index in [1.54, 1.807) is 29.3 Å². The van der Waals surface area contributed by atoms with E-state index in [2.05, 4.69) is 37.6 Å². The van der Waals surface area contributed by atoms with Gasteiger partial charge >= 0.3 is 0 Å². The molecule has 4 rings (SSSR count). The number of benzene rings is 1. The molecule has 7 heteroatoms. The zero-order valence-corrected chi connectivity index (χ0v) is 13.5. The first-order valence-electron chi connectivity index (χ1n) is 7.99. The smallest absolute Gasteiger partial charge is 0.250 e. The Morgan fingerprint density at radius 2 is 1.80 bits per heavy atom. The van der Waals surface area contributed by atoms with E-state index in [0.29, 0.717) is 12.5 Å². The molecule has 0 atom stereocenters. The summed E-state index contributed by atoms with van der Waals surface area (Å²) in [5.74, 6) is 0.544. The minimum atomic E-state index is 0.544. The Bertz CT molecular complexity index is 928. The molecule has 0 aliphatic heterocycles. The SMILES string of the molecule is c1ccc(Cn2ccc(CNc3cnn(-c4ncccn4)c3)n2)cc1. The number of rotatable bonds is 6. The third-order valence-corrected chi connectivity index (χ3v) is 3.70. The lowest BCUT2D eigenvalue weighted by molar-refractivity contribution is 0.674. The van der Waals surface area contributed by atoms with Crippen molar-refractivity contribution in [3.63, 3.8) is 0 Å². The predicted molar refractivity (Wildman–Crippen MR) is 94.3 cm³/mol.